The number of carbonyl (C=O) groups is 2. The topological polar surface area (TPSA) is 87.4 Å². The molecule has 90 valence electrons. The molecule has 0 heterocycles. The smallest absolute Gasteiger partial charge is 0.303 e. The van der Waals surface area contributed by atoms with E-state index in [9.17, 15) is 9.59 Å². The van der Waals surface area contributed by atoms with E-state index in [2.05, 4.69) is 0 Å². The van der Waals surface area contributed by atoms with Crippen molar-refractivity contribution in [3.63, 3.8) is 0 Å². The van der Waals surface area contributed by atoms with Gasteiger partial charge in [0, 0.05) is 6.42 Å². The summed E-state index contributed by atoms with van der Waals surface area (Å²) in [7, 11) is 0. The van der Waals surface area contributed by atoms with Crippen LogP contribution in [0.2, 0.25) is 0 Å². The number of carbonyl (C=O) groups excluding carboxylic acids is 1. The van der Waals surface area contributed by atoms with Crippen LogP contribution in [0.1, 0.15) is 26.7 Å². The molecule has 0 aliphatic carbocycles. The van der Waals surface area contributed by atoms with Crippen molar-refractivity contribution in [2.75, 3.05) is 6.61 Å². The number of aliphatic carboxylic acids is 1. The fourth-order valence-corrected chi connectivity index (χ4v) is 2.45. The molecule has 0 aromatic heterocycles. The van der Waals surface area contributed by atoms with E-state index in [1.54, 1.807) is 13.8 Å². The Balaban J connectivity index is 4.20. The van der Waals surface area contributed by atoms with Crippen LogP contribution < -0.4 is 0 Å². The second-order valence-electron chi connectivity index (χ2n) is 3.08. The van der Waals surface area contributed by atoms with Crippen LogP contribution in [0.15, 0.2) is 0 Å². The van der Waals surface area contributed by atoms with Gasteiger partial charge in [0.15, 0.2) is 0 Å². The van der Waals surface area contributed by atoms with Gasteiger partial charge in [-0.15, -0.1) is 0 Å². The Labute approximate surface area is 103 Å². The number of thioether (sulfide) groups is 1. The van der Waals surface area contributed by atoms with Gasteiger partial charge in [-0.2, -0.15) is 5.26 Å². The molecule has 0 spiro atoms. The minimum atomic E-state index is -1.01. The number of hydrogen-bond donors (Lipinski definition) is 1. The van der Waals surface area contributed by atoms with E-state index in [1.807, 2.05) is 6.07 Å². The maximum Gasteiger partial charge on any atom is 0.303 e. The Morgan fingerprint density at radius 1 is 1.56 bits per heavy atom. The molecule has 0 aromatic carbocycles. The van der Waals surface area contributed by atoms with Gasteiger partial charge >= 0.3 is 5.97 Å². The standard InChI is InChI=1S/C9H13NO4S2/c1-3-14-16-8(13)15-9(2,6-10)5-4-7(11)12/h3-5H2,1-2H3,(H,11,12). The summed E-state index contributed by atoms with van der Waals surface area (Å²) in [4.78, 5) is 21.7. The molecular weight excluding hydrogens is 250 g/mol. The zero-order valence-electron chi connectivity index (χ0n) is 9.06. The molecule has 0 aliphatic rings. The molecule has 0 saturated carbocycles. The molecule has 5 nitrogen and oxygen atoms in total. The molecule has 1 unspecified atom stereocenters. The van der Waals surface area contributed by atoms with Crippen molar-refractivity contribution in [3.05, 3.63) is 0 Å². The highest BCUT2D eigenvalue weighted by Crippen LogP contribution is 2.34. The zero-order chi connectivity index (χ0) is 12.6. The number of rotatable bonds is 6. The second-order valence-corrected chi connectivity index (χ2v) is 5.59. The summed E-state index contributed by atoms with van der Waals surface area (Å²) >= 11 is 1.48. The Kier molecular flexibility index (Phi) is 7.21. The summed E-state index contributed by atoms with van der Waals surface area (Å²) in [5.74, 6) is -0.980. The monoisotopic (exact) mass is 263 g/mol. The second kappa shape index (κ2) is 7.54. The number of hydrogen-bond acceptors (Lipinski definition) is 6. The van der Waals surface area contributed by atoms with Crippen LogP contribution in [0.25, 0.3) is 0 Å². The molecule has 1 N–H and O–H groups in total. The lowest BCUT2D eigenvalue weighted by atomic mass is 10.1. The molecule has 0 fully saturated rings. The summed E-state index contributed by atoms with van der Waals surface area (Å²) in [6.45, 7) is 3.69. The van der Waals surface area contributed by atoms with Gasteiger partial charge < -0.3 is 9.29 Å². The van der Waals surface area contributed by atoms with Crippen LogP contribution in [-0.2, 0) is 8.98 Å². The van der Waals surface area contributed by atoms with Crippen molar-refractivity contribution >= 4 is 34.2 Å². The molecule has 0 aromatic rings. The quantitative estimate of drug-likeness (QED) is 0.737. The van der Waals surface area contributed by atoms with E-state index >= 15 is 0 Å². The van der Waals surface area contributed by atoms with Gasteiger partial charge in [-0.3, -0.25) is 9.59 Å². The average Bonchev–Trinajstić information content (AvgIpc) is 2.23. The fraction of sp³-hybridized carbons (Fsp3) is 0.667. The predicted octanol–water partition coefficient (Wildman–Crippen LogP) is 2.67. The predicted molar refractivity (Wildman–Crippen MR) is 63.1 cm³/mol. The molecule has 0 amide bonds. The van der Waals surface area contributed by atoms with Crippen molar-refractivity contribution in [2.24, 2.45) is 0 Å². The van der Waals surface area contributed by atoms with Crippen LogP contribution in [-0.4, -0.2) is 26.9 Å². The molecule has 0 radical (unpaired) electrons. The lowest BCUT2D eigenvalue weighted by molar-refractivity contribution is -0.137. The average molecular weight is 263 g/mol. The zero-order valence-corrected chi connectivity index (χ0v) is 10.7. The van der Waals surface area contributed by atoms with Gasteiger partial charge in [-0.25, -0.2) is 0 Å². The number of carboxylic acids is 1. The van der Waals surface area contributed by atoms with Gasteiger partial charge in [0.2, 0.25) is 0 Å². The molecule has 0 aliphatic heterocycles. The Morgan fingerprint density at radius 2 is 2.19 bits per heavy atom. The first-order valence-electron chi connectivity index (χ1n) is 4.59. The van der Waals surface area contributed by atoms with Gasteiger partial charge in [-0.1, -0.05) is 11.8 Å². The van der Waals surface area contributed by atoms with E-state index in [1.165, 1.54) is 0 Å². The largest absolute Gasteiger partial charge is 0.481 e. The van der Waals surface area contributed by atoms with Crippen LogP contribution in [0, 0.1) is 11.3 Å². The normalized spacial score (nSPS) is 13.8. The van der Waals surface area contributed by atoms with Crippen molar-refractivity contribution in [1.82, 2.24) is 0 Å². The van der Waals surface area contributed by atoms with Gasteiger partial charge in [0.05, 0.1) is 24.7 Å². The molecule has 0 saturated heterocycles. The Hall–Kier alpha value is -0.710. The van der Waals surface area contributed by atoms with Gasteiger partial charge in [-0.05, 0) is 20.3 Å². The number of nitrogens with zero attached hydrogens (tertiary/aromatic N) is 1. The first kappa shape index (κ1) is 15.3. The van der Waals surface area contributed by atoms with E-state index in [0.29, 0.717) is 18.6 Å². The first-order chi connectivity index (χ1) is 7.43. The summed E-state index contributed by atoms with van der Waals surface area (Å²) < 4.78 is 3.48. The third-order valence-corrected chi connectivity index (χ3v) is 3.46. The van der Waals surface area contributed by atoms with Crippen LogP contribution in [0.3, 0.4) is 0 Å². The lowest BCUT2D eigenvalue weighted by Gasteiger charge is -2.17. The highest BCUT2D eigenvalue weighted by molar-refractivity contribution is 8.37. The van der Waals surface area contributed by atoms with E-state index in [4.69, 9.17) is 14.6 Å². The molecule has 16 heavy (non-hydrogen) atoms. The third-order valence-electron chi connectivity index (χ3n) is 1.61. The summed E-state index contributed by atoms with van der Waals surface area (Å²) in [5.41, 5.74) is 0. The Morgan fingerprint density at radius 3 is 2.62 bits per heavy atom. The highest BCUT2D eigenvalue weighted by atomic mass is 32.2. The summed E-state index contributed by atoms with van der Waals surface area (Å²) in [6, 6.07) is 1.95. The highest BCUT2D eigenvalue weighted by Gasteiger charge is 2.29. The lowest BCUT2D eigenvalue weighted by Crippen LogP contribution is -2.20. The summed E-state index contributed by atoms with van der Waals surface area (Å²) in [5, 5.41) is 17.4. The van der Waals surface area contributed by atoms with Crippen molar-refractivity contribution in [3.8, 4) is 6.07 Å². The fourth-order valence-electron chi connectivity index (χ4n) is 0.783. The van der Waals surface area contributed by atoms with E-state index < -0.39 is 10.7 Å². The molecule has 0 rings (SSSR count). The van der Waals surface area contributed by atoms with Crippen LogP contribution >= 0.6 is 23.8 Å². The molecule has 1 atom stereocenters. The van der Waals surface area contributed by atoms with Crippen molar-refractivity contribution < 1.29 is 18.9 Å². The molecular formula is C9H13NO4S2. The SMILES string of the molecule is CCOSC(=O)SC(C)(C#N)CCC(=O)O. The Bertz CT molecular complexity index is 302. The van der Waals surface area contributed by atoms with E-state index in [0.717, 1.165) is 11.8 Å². The summed E-state index contributed by atoms with van der Waals surface area (Å²) in [6.07, 6.45) is -0.00837. The minimum Gasteiger partial charge on any atom is -0.481 e. The molecule has 0 bridgehead atoms. The third kappa shape index (κ3) is 6.71. The molecule has 7 heteroatoms. The van der Waals surface area contributed by atoms with Crippen molar-refractivity contribution in [2.45, 2.75) is 31.4 Å². The maximum atomic E-state index is 11.3. The van der Waals surface area contributed by atoms with E-state index in [-0.39, 0.29) is 17.3 Å². The number of carboxylic acid groups (broad SMARTS) is 1. The van der Waals surface area contributed by atoms with Gasteiger partial charge in [0.25, 0.3) is 4.45 Å². The maximum absolute atomic E-state index is 11.3. The van der Waals surface area contributed by atoms with Gasteiger partial charge in [0.1, 0.15) is 4.75 Å². The van der Waals surface area contributed by atoms with Crippen LogP contribution in [0.4, 0.5) is 4.79 Å². The van der Waals surface area contributed by atoms with Crippen molar-refractivity contribution in [1.29, 1.82) is 5.26 Å². The first-order valence-corrected chi connectivity index (χ1v) is 6.15. The van der Waals surface area contributed by atoms with Crippen LogP contribution in [0.5, 0.6) is 0 Å². The number of nitriles is 1. The minimum absolute atomic E-state index is 0.127.